The van der Waals surface area contributed by atoms with E-state index in [2.05, 4.69) is 50.1 Å². The predicted octanol–water partition coefficient (Wildman–Crippen LogP) is 10.5. The van der Waals surface area contributed by atoms with Crippen molar-refractivity contribution in [2.75, 3.05) is 20.2 Å². The van der Waals surface area contributed by atoms with Gasteiger partial charge in [-0.05, 0) is 92.6 Å². The van der Waals surface area contributed by atoms with Gasteiger partial charge in [-0.15, -0.1) is 11.3 Å². The van der Waals surface area contributed by atoms with Crippen molar-refractivity contribution in [2.24, 2.45) is 17.8 Å². The zero-order valence-corrected chi connectivity index (χ0v) is 40.2. The first-order valence-electron chi connectivity index (χ1n) is 22.9. The summed E-state index contributed by atoms with van der Waals surface area (Å²) < 4.78 is 32.2. The van der Waals surface area contributed by atoms with Gasteiger partial charge in [-0.3, -0.25) is 18.5 Å². The number of aromatic nitrogens is 6. The minimum absolute atomic E-state index is 0.0144. The van der Waals surface area contributed by atoms with Crippen LogP contribution in [0.15, 0.2) is 59.3 Å². The Balaban J connectivity index is 0.936. The standard InChI is InChI=1S/C48H54FN9O5S3/c1-24(2)26(5)44(59)56-15-8-10-39(56)65-47-51-22-33(54-47)29-18-31(49)40-36-19-30-17-28(13-14-35(30)58(36)46(63-37(40)20-29)34-23-64-43(53-34)27-11-12-27)32-21-50-42(52-32)38-9-7-16-57(66-38)45(60)41(25(3)4)55-48(61)62-6/h13-14,17-27,38-39,41,46H,7-12,15-16H2,1-6H3,(H,50,52)(H,51,54)(H,55,61)/t26-,38-,39+,41-,46?/m0/s1. The summed E-state index contributed by atoms with van der Waals surface area (Å²) in [5, 5.41) is 7.33. The highest BCUT2D eigenvalue weighted by molar-refractivity contribution is 7.99. The molecule has 3 amide bonds. The smallest absolute Gasteiger partial charge is 0.407 e. The third kappa shape index (κ3) is 8.48. The molecule has 66 heavy (non-hydrogen) atoms. The average molecular weight is 952 g/mol. The molecule has 3 aliphatic heterocycles. The lowest BCUT2D eigenvalue weighted by atomic mass is 9.97. The molecule has 7 heterocycles. The molecule has 1 aliphatic carbocycles. The molecule has 14 nitrogen and oxygen atoms in total. The second kappa shape index (κ2) is 18.1. The number of thioether (sulfide) groups is 1. The van der Waals surface area contributed by atoms with E-state index in [4.69, 9.17) is 19.4 Å². The van der Waals surface area contributed by atoms with Crippen LogP contribution in [0, 0.1) is 23.6 Å². The van der Waals surface area contributed by atoms with E-state index in [9.17, 15) is 14.4 Å². The molecule has 10 rings (SSSR count). The number of amides is 3. The average Bonchev–Trinajstić information content (AvgIpc) is 3.89. The number of carbonyl (C=O) groups is 3. The van der Waals surface area contributed by atoms with Crippen molar-refractivity contribution in [1.82, 2.24) is 44.0 Å². The molecular weight excluding hydrogens is 898 g/mol. The summed E-state index contributed by atoms with van der Waals surface area (Å²) in [4.78, 5) is 62.4. The Bertz CT molecular complexity index is 2810. The van der Waals surface area contributed by atoms with Crippen LogP contribution in [-0.2, 0) is 14.3 Å². The predicted molar refractivity (Wildman–Crippen MR) is 255 cm³/mol. The topological polar surface area (TPSA) is 163 Å². The second-order valence-corrected chi connectivity index (χ2v) is 21.7. The van der Waals surface area contributed by atoms with Gasteiger partial charge in [0.15, 0.2) is 5.16 Å². The number of ether oxygens (including phenoxy) is 2. The number of hydrogen-bond acceptors (Lipinski definition) is 11. The molecular formula is C48H54FN9O5S3. The number of carbonyl (C=O) groups excluding carboxylic acids is 3. The summed E-state index contributed by atoms with van der Waals surface area (Å²) in [6, 6.07) is 10.9. The van der Waals surface area contributed by atoms with Gasteiger partial charge < -0.3 is 29.7 Å². The molecule has 0 radical (unpaired) electrons. The Kier molecular flexibility index (Phi) is 12.2. The number of fused-ring (bicyclic) bond motifs is 5. The summed E-state index contributed by atoms with van der Waals surface area (Å²) in [5.74, 6) is 1.32. The molecule has 5 atom stereocenters. The van der Waals surface area contributed by atoms with Crippen LogP contribution in [0.25, 0.3) is 44.7 Å². The van der Waals surface area contributed by atoms with Gasteiger partial charge in [0.1, 0.15) is 29.1 Å². The van der Waals surface area contributed by atoms with Crippen molar-refractivity contribution in [3.05, 3.63) is 76.5 Å². The summed E-state index contributed by atoms with van der Waals surface area (Å²) in [6.45, 7) is 11.3. The Morgan fingerprint density at radius 2 is 1.71 bits per heavy atom. The van der Waals surface area contributed by atoms with E-state index in [0.29, 0.717) is 45.9 Å². The molecule has 1 saturated carbocycles. The fourth-order valence-corrected chi connectivity index (χ4v) is 12.5. The van der Waals surface area contributed by atoms with Crippen LogP contribution < -0.4 is 10.1 Å². The highest BCUT2D eigenvalue weighted by atomic mass is 32.2. The Morgan fingerprint density at radius 3 is 2.48 bits per heavy atom. The van der Waals surface area contributed by atoms with E-state index in [-0.39, 0.29) is 40.2 Å². The van der Waals surface area contributed by atoms with Crippen LogP contribution in [0.5, 0.6) is 5.75 Å². The van der Waals surface area contributed by atoms with E-state index >= 15 is 4.39 Å². The van der Waals surface area contributed by atoms with E-state index < -0.39 is 24.2 Å². The minimum atomic E-state index is -0.709. The van der Waals surface area contributed by atoms with Crippen LogP contribution in [0.4, 0.5) is 9.18 Å². The molecule has 6 aromatic rings. The third-order valence-corrected chi connectivity index (χ3v) is 16.8. The molecule has 2 saturated heterocycles. The summed E-state index contributed by atoms with van der Waals surface area (Å²) in [7, 11) is 1.29. The molecule has 0 bridgehead atoms. The van der Waals surface area contributed by atoms with Gasteiger partial charge in [-0.25, -0.2) is 24.1 Å². The number of imidazole rings is 2. The number of alkyl carbamates (subject to hydrolysis) is 1. The number of halogens is 1. The quantitative estimate of drug-likeness (QED) is 0.101. The van der Waals surface area contributed by atoms with Gasteiger partial charge in [-0.2, -0.15) is 0 Å². The zero-order chi connectivity index (χ0) is 46.0. The number of H-pyrrole nitrogens is 2. The van der Waals surface area contributed by atoms with E-state index in [1.54, 1.807) is 33.6 Å². The van der Waals surface area contributed by atoms with Crippen molar-refractivity contribution in [3.63, 3.8) is 0 Å². The fraction of sp³-hybridized carbons (Fsp3) is 0.458. The van der Waals surface area contributed by atoms with Crippen molar-refractivity contribution >= 4 is 63.9 Å². The minimum Gasteiger partial charge on any atom is -0.463 e. The lowest BCUT2D eigenvalue weighted by Gasteiger charge is -2.34. The molecule has 3 N–H and O–H groups in total. The van der Waals surface area contributed by atoms with Crippen molar-refractivity contribution < 1.29 is 28.2 Å². The van der Waals surface area contributed by atoms with Gasteiger partial charge in [0.05, 0.1) is 63.3 Å². The first kappa shape index (κ1) is 44.5. The number of likely N-dealkylation sites (tertiary alicyclic amines) is 1. The van der Waals surface area contributed by atoms with Crippen LogP contribution in [0.1, 0.15) is 107 Å². The molecule has 0 spiro atoms. The number of nitrogens with one attached hydrogen (secondary N) is 3. The first-order chi connectivity index (χ1) is 31.8. The number of hydrogen-bond donors (Lipinski definition) is 3. The molecule has 1 unspecified atom stereocenters. The lowest BCUT2D eigenvalue weighted by molar-refractivity contribution is -0.135. The second-order valence-electron chi connectivity index (χ2n) is 18.5. The molecule has 18 heteroatoms. The van der Waals surface area contributed by atoms with Crippen LogP contribution in [0.3, 0.4) is 0 Å². The maximum Gasteiger partial charge on any atom is 0.407 e. The Labute approximate surface area is 395 Å². The molecule has 346 valence electrons. The normalized spacial score (nSPS) is 20.3. The fourth-order valence-electron chi connectivity index (χ4n) is 9.05. The largest absolute Gasteiger partial charge is 0.463 e. The van der Waals surface area contributed by atoms with Crippen LogP contribution in [0.2, 0.25) is 0 Å². The van der Waals surface area contributed by atoms with E-state index in [1.807, 2.05) is 56.1 Å². The highest BCUT2D eigenvalue weighted by Crippen LogP contribution is 2.49. The maximum absolute atomic E-state index is 16.8. The summed E-state index contributed by atoms with van der Waals surface area (Å²) in [6.07, 6.45) is 7.98. The Hall–Kier alpha value is -5.33. The van der Waals surface area contributed by atoms with Gasteiger partial charge >= 0.3 is 6.09 Å². The highest BCUT2D eigenvalue weighted by Gasteiger charge is 2.38. The number of nitrogens with zero attached hydrogens (tertiary/aromatic N) is 6. The van der Waals surface area contributed by atoms with Gasteiger partial charge in [0.2, 0.25) is 12.1 Å². The summed E-state index contributed by atoms with van der Waals surface area (Å²) >= 11 is 4.62. The van der Waals surface area contributed by atoms with E-state index in [0.717, 1.165) is 83.8 Å². The molecule has 3 fully saturated rings. The number of methoxy groups -OCH3 is 1. The molecule has 4 aliphatic rings. The van der Waals surface area contributed by atoms with Crippen molar-refractivity contribution in [1.29, 1.82) is 0 Å². The number of benzene rings is 2. The van der Waals surface area contributed by atoms with Crippen molar-refractivity contribution in [3.8, 4) is 39.5 Å². The monoisotopic (exact) mass is 951 g/mol. The van der Waals surface area contributed by atoms with Crippen LogP contribution in [-0.4, -0.2) is 88.2 Å². The first-order valence-corrected chi connectivity index (χ1v) is 25.5. The molecule has 2 aromatic carbocycles. The van der Waals surface area contributed by atoms with Crippen molar-refractivity contribution in [2.45, 2.75) is 107 Å². The summed E-state index contributed by atoms with van der Waals surface area (Å²) in [5.41, 5.74) is 5.71. The molecule has 4 aromatic heterocycles. The number of aromatic amines is 2. The Morgan fingerprint density at radius 1 is 0.924 bits per heavy atom. The van der Waals surface area contributed by atoms with E-state index in [1.165, 1.54) is 25.1 Å². The lowest BCUT2D eigenvalue weighted by Crippen LogP contribution is -2.50. The SMILES string of the molecule is COC(=O)N[C@H](C(=O)N1CCC[C@@H](c2ncc(-c3ccc4c(c3)cc3n4C(c4csc(C5CC5)n4)Oc4cc(-c5cnc(S[C@@H]6CCCN6C(=O)[C@@H](C)C(C)C)[nH]5)cc(F)c4-3)[nH]2)S1)C(C)C. The number of rotatable bonds is 12. The van der Waals surface area contributed by atoms with Gasteiger partial charge in [0.25, 0.3) is 5.91 Å². The van der Waals surface area contributed by atoms with Gasteiger partial charge in [-0.1, -0.05) is 52.4 Å². The van der Waals surface area contributed by atoms with Crippen LogP contribution >= 0.6 is 35.0 Å². The zero-order valence-electron chi connectivity index (χ0n) is 37.8. The third-order valence-electron chi connectivity index (χ3n) is 13.3. The van der Waals surface area contributed by atoms with Gasteiger partial charge in [0, 0.05) is 46.8 Å². The number of thiazole rings is 1. The maximum atomic E-state index is 16.8.